The molecule has 4 atom stereocenters. The van der Waals surface area contributed by atoms with Gasteiger partial charge in [-0.25, -0.2) is 0 Å². The van der Waals surface area contributed by atoms with E-state index in [0.717, 1.165) is 38.5 Å². The SMILES string of the molecule is Cl.Cl.NC1CCCC1O.NC1CCCC1O. The van der Waals surface area contributed by atoms with Crippen LogP contribution in [0.5, 0.6) is 0 Å². The van der Waals surface area contributed by atoms with Gasteiger partial charge in [0.15, 0.2) is 0 Å². The Morgan fingerprint density at radius 3 is 1.06 bits per heavy atom. The topological polar surface area (TPSA) is 92.5 Å². The first-order valence-electron chi connectivity index (χ1n) is 5.48. The van der Waals surface area contributed by atoms with E-state index >= 15 is 0 Å². The average Bonchev–Trinajstić information content (AvgIpc) is 2.67. The molecule has 4 nitrogen and oxygen atoms in total. The minimum absolute atomic E-state index is 0. The Hall–Kier alpha value is 0.420. The zero-order valence-electron chi connectivity index (χ0n) is 9.42. The Labute approximate surface area is 110 Å². The van der Waals surface area contributed by atoms with Crippen molar-refractivity contribution in [3.63, 3.8) is 0 Å². The van der Waals surface area contributed by atoms with Gasteiger partial charge in [0.05, 0.1) is 12.2 Å². The van der Waals surface area contributed by atoms with Crippen LogP contribution >= 0.6 is 24.8 Å². The lowest BCUT2D eigenvalue weighted by Crippen LogP contribution is -2.28. The van der Waals surface area contributed by atoms with Crippen molar-refractivity contribution in [1.82, 2.24) is 0 Å². The molecule has 2 saturated carbocycles. The predicted octanol–water partition coefficient (Wildman–Crippen LogP) is 0.561. The third-order valence-electron chi connectivity index (χ3n) is 3.06. The first kappa shape index (κ1) is 18.8. The fourth-order valence-corrected chi connectivity index (χ4v) is 1.94. The zero-order chi connectivity index (χ0) is 10.6. The highest BCUT2D eigenvalue weighted by molar-refractivity contribution is 5.85. The summed E-state index contributed by atoms with van der Waals surface area (Å²) in [4.78, 5) is 0. The summed E-state index contributed by atoms with van der Waals surface area (Å²) in [5.41, 5.74) is 10.9. The second-order valence-electron chi connectivity index (χ2n) is 4.32. The largest absolute Gasteiger partial charge is 0.392 e. The van der Waals surface area contributed by atoms with Gasteiger partial charge in [-0.15, -0.1) is 24.8 Å². The second kappa shape index (κ2) is 9.45. The van der Waals surface area contributed by atoms with Crippen molar-refractivity contribution in [3.05, 3.63) is 0 Å². The molecule has 2 aliphatic carbocycles. The molecule has 0 amide bonds. The van der Waals surface area contributed by atoms with Crippen LogP contribution in [0.25, 0.3) is 0 Å². The predicted molar refractivity (Wildman–Crippen MR) is 70.2 cm³/mol. The quantitative estimate of drug-likeness (QED) is 0.520. The molecule has 6 N–H and O–H groups in total. The Bertz CT molecular complexity index is 141. The smallest absolute Gasteiger partial charge is 0.0691 e. The number of nitrogens with two attached hydrogens (primary N) is 2. The fourth-order valence-electron chi connectivity index (χ4n) is 1.94. The van der Waals surface area contributed by atoms with Crippen LogP contribution < -0.4 is 11.5 Å². The number of hydrogen-bond acceptors (Lipinski definition) is 4. The molecule has 16 heavy (non-hydrogen) atoms. The van der Waals surface area contributed by atoms with E-state index in [4.69, 9.17) is 21.7 Å². The van der Waals surface area contributed by atoms with E-state index in [1.807, 2.05) is 0 Å². The first-order chi connectivity index (χ1) is 6.61. The van der Waals surface area contributed by atoms with Crippen LogP contribution in [-0.2, 0) is 0 Å². The lowest BCUT2D eigenvalue weighted by Gasteiger charge is -2.04. The molecule has 0 bridgehead atoms. The van der Waals surface area contributed by atoms with Gasteiger partial charge < -0.3 is 21.7 Å². The third-order valence-corrected chi connectivity index (χ3v) is 3.06. The van der Waals surface area contributed by atoms with Gasteiger partial charge >= 0.3 is 0 Å². The van der Waals surface area contributed by atoms with Crippen LogP contribution in [0.1, 0.15) is 38.5 Å². The van der Waals surface area contributed by atoms with Crippen LogP contribution in [0, 0.1) is 0 Å². The molecule has 0 aromatic carbocycles. The summed E-state index contributed by atoms with van der Waals surface area (Å²) in [5, 5.41) is 17.7. The molecule has 0 saturated heterocycles. The number of aliphatic hydroxyl groups excluding tert-OH is 2. The van der Waals surface area contributed by atoms with Gasteiger partial charge in [-0.1, -0.05) is 0 Å². The Kier molecular flexibility index (Phi) is 11.1. The molecule has 2 fully saturated rings. The maximum Gasteiger partial charge on any atom is 0.0691 e. The van der Waals surface area contributed by atoms with Crippen LogP contribution in [0.2, 0.25) is 0 Å². The van der Waals surface area contributed by atoms with E-state index in [1.165, 1.54) is 0 Å². The van der Waals surface area contributed by atoms with Crippen LogP contribution in [0.4, 0.5) is 0 Å². The molecule has 0 radical (unpaired) electrons. The molecular weight excluding hydrogens is 251 g/mol. The number of hydrogen-bond donors (Lipinski definition) is 4. The van der Waals surface area contributed by atoms with Crippen molar-refractivity contribution < 1.29 is 10.2 Å². The molecule has 100 valence electrons. The molecular formula is C10H24Cl2N2O2. The van der Waals surface area contributed by atoms with E-state index in [-0.39, 0.29) is 49.1 Å². The Morgan fingerprint density at radius 1 is 0.688 bits per heavy atom. The third kappa shape index (κ3) is 6.23. The fraction of sp³-hybridized carbons (Fsp3) is 1.00. The monoisotopic (exact) mass is 274 g/mol. The van der Waals surface area contributed by atoms with Gasteiger partial charge in [0.2, 0.25) is 0 Å². The van der Waals surface area contributed by atoms with E-state index in [0.29, 0.717) is 0 Å². The first-order valence-corrected chi connectivity index (χ1v) is 5.48. The van der Waals surface area contributed by atoms with Crippen molar-refractivity contribution >= 4 is 24.8 Å². The maximum absolute atomic E-state index is 8.87. The molecule has 6 heteroatoms. The molecule has 0 spiro atoms. The summed E-state index contributed by atoms with van der Waals surface area (Å²) in [5.74, 6) is 0. The van der Waals surface area contributed by atoms with Gasteiger partial charge in [-0.05, 0) is 38.5 Å². The highest BCUT2D eigenvalue weighted by Gasteiger charge is 2.20. The summed E-state index contributed by atoms with van der Waals surface area (Å²) >= 11 is 0. The van der Waals surface area contributed by atoms with Crippen LogP contribution in [0.15, 0.2) is 0 Å². The van der Waals surface area contributed by atoms with E-state index in [2.05, 4.69) is 0 Å². The zero-order valence-corrected chi connectivity index (χ0v) is 11.1. The minimum Gasteiger partial charge on any atom is -0.392 e. The second-order valence-corrected chi connectivity index (χ2v) is 4.32. The van der Waals surface area contributed by atoms with Crippen molar-refractivity contribution in [2.75, 3.05) is 0 Å². The van der Waals surface area contributed by atoms with E-state index in [9.17, 15) is 0 Å². The summed E-state index contributed by atoms with van der Waals surface area (Å²) in [7, 11) is 0. The van der Waals surface area contributed by atoms with Crippen molar-refractivity contribution in [2.24, 2.45) is 11.5 Å². The van der Waals surface area contributed by atoms with Crippen LogP contribution in [-0.4, -0.2) is 34.5 Å². The molecule has 2 aliphatic rings. The molecule has 0 aliphatic heterocycles. The lowest BCUT2D eigenvalue weighted by atomic mass is 10.2. The highest BCUT2D eigenvalue weighted by Crippen LogP contribution is 2.16. The molecule has 0 heterocycles. The van der Waals surface area contributed by atoms with Gasteiger partial charge in [0, 0.05) is 12.1 Å². The molecule has 4 unspecified atom stereocenters. The van der Waals surface area contributed by atoms with Crippen molar-refractivity contribution in [3.8, 4) is 0 Å². The van der Waals surface area contributed by atoms with Gasteiger partial charge in [0.25, 0.3) is 0 Å². The van der Waals surface area contributed by atoms with Crippen molar-refractivity contribution in [1.29, 1.82) is 0 Å². The normalized spacial score (nSPS) is 36.8. The highest BCUT2D eigenvalue weighted by atomic mass is 35.5. The number of rotatable bonds is 0. The standard InChI is InChI=1S/2C5H11NO.2ClH/c2*6-4-2-1-3-5(4)7;;/h2*4-5,7H,1-3,6H2;2*1H. The van der Waals surface area contributed by atoms with E-state index in [1.54, 1.807) is 0 Å². The summed E-state index contributed by atoms with van der Waals surface area (Å²) in [6.07, 6.45) is 5.59. The summed E-state index contributed by atoms with van der Waals surface area (Å²) < 4.78 is 0. The Morgan fingerprint density at radius 2 is 1.00 bits per heavy atom. The minimum atomic E-state index is -0.208. The van der Waals surface area contributed by atoms with Crippen molar-refractivity contribution in [2.45, 2.75) is 62.8 Å². The summed E-state index contributed by atoms with van der Waals surface area (Å²) in [6, 6.07) is 0.139. The Balaban J connectivity index is 0. The van der Waals surface area contributed by atoms with Gasteiger partial charge in [-0.3, -0.25) is 0 Å². The molecule has 0 aromatic rings. The maximum atomic E-state index is 8.87. The van der Waals surface area contributed by atoms with Gasteiger partial charge in [0.1, 0.15) is 0 Å². The molecule has 0 aromatic heterocycles. The number of halogens is 2. The van der Waals surface area contributed by atoms with E-state index < -0.39 is 0 Å². The molecule has 2 rings (SSSR count). The number of aliphatic hydroxyl groups is 2. The summed E-state index contributed by atoms with van der Waals surface area (Å²) in [6.45, 7) is 0. The van der Waals surface area contributed by atoms with Gasteiger partial charge in [-0.2, -0.15) is 0 Å². The lowest BCUT2D eigenvalue weighted by molar-refractivity contribution is 0.165. The average molecular weight is 275 g/mol. The van der Waals surface area contributed by atoms with Crippen LogP contribution in [0.3, 0.4) is 0 Å².